The molecule has 0 saturated heterocycles. The van der Waals surface area contributed by atoms with Crippen LogP contribution < -0.4 is 5.43 Å². The molecule has 0 amide bonds. The Morgan fingerprint density at radius 1 is 1.25 bits per heavy atom. The van der Waals surface area contributed by atoms with E-state index >= 15 is 0 Å². The molecular formula is C12H11BrN2S. The van der Waals surface area contributed by atoms with Crippen LogP contribution in [0.25, 0.3) is 0 Å². The molecule has 82 valence electrons. The maximum Gasteiger partial charge on any atom is 0.0747 e. The summed E-state index contributed by atoms with van der Waals surface area (Å²) in [6.45, 7) is 2.00. The smallest absolute Gasteiger partial charge is 0.0747 e. The maximum atomic E-state index is 4.33. The van der Waals surface area contributed by atoms with Gasteiger partial charge in [-0.1, -0.05) is 22.0 Å². The van der Waals surface area contributed by atoms with Gasteiger partial charge in [-0.25, -0.2) is 0 Å². The van der Waals surface area contributed by atoms with E-state index in [2.05, 4.69) is 32.5 Å². The highest BCUT2D eigenvalue weighted by atomic mass is 79.9. The zero-order valence-corrected chi connectivity index (χ0v) is 11.2. The molecule has 2 aromatic rings. The topological polar surface area (TPSA) is 24.4 Å². The Hall–Kier alpha value is -1.13. The van der Waals surface area contributed by atoms with Crippen LogP contribution in [0.1, 0.15) is 11.8 Å². The largest absolute Gasteiger partial charge is 0.278 e. The molecule has 4 heteroatoms. The molecule has 1 N–H and O–H groups in total. The normalized spacial score (nSPS) is 11.5. The van der Waals surface area contributed by atoms with Crippen LogP contribution in [-0.4, -0.2) is 5.71 Å². The van der Waals surface area contributed by atoms with Gasteiger partial charge in [-0.05, 0) is 42.6 Å². The number of thiophene rings is 1. The van der Waals surface area contributed by atoms with Crippen LogP contribution in [0, 0.1) is 0 Å². The van der Waals surface area contributed by atoms with E-state index in [1.165, 1.54) is 4.88 Å². The number of anilines is 1. The van der Waals surface area contributed by atoms with Gasteiger partial charge in [0.25, 0.3) is 0 Å². The highest BCUT2D eigenvalue weighted by Gasteiger charge is 1.97. The first kappa shape index (κ1) is 11.4. The molecule has 2 nitrogen and oxygen atoms in total. The Labute approximate surface area is 107 Å². The summed E-state index contributed by atoms with van der Waals surface area (Å²) >= 11 is 5.09. The van der Waals surface area contributed by atoms with Crippen LogP contribution in [0.5, 0.6) is 0 Å². The second-order valence-electron chi connectivity index (χ2n) is 3.29. The molecule has 1 heterocycles. The number of hydrogen-bond donors (Lipinski definition) is 1. The molecule has 0 bridgehead atoms. The minimum absolute atomic E-state index is 0.985. The predicted molar refractivity (Wildman–Crippen MR) is 74.3 cm³/mol. The zero-order valence-electron chi connectivity index (χ0n) is 8.77. The number of hydrogen-bond acceptors (Lipinski definition) is 3. The van der Waals surface area contributed by atoms with Crippen LogP contribution >= 0.6 is 27.3 Å². The van der Waals surface area contributed by atoms with Gasteiger partial charge in [0, 0.05) is 9.35 Å². The van der Waals surface area contributed by atoms with Crippen molar-refractivity contribution in [3.05, 3.63) is 51.1 Å². The van der Waals surface area contributed by atoms with Gasteiger partial charge < -0.3 is 0 Å². The summed E-state index contributed by atoms with van der Waals surface area (Å²) in [7, 11) is 0. The maximum absolute atomic E-state index is 4.33. The zero-order chi connectivity index (χ0) is 11.4. The summed E-state index contributed by atoms with van der Waals surface area (Å²) in [4.78, 5) is 1.18. The molecule has 1 aromatic carbocycles. The average Bonchev–Trinajstić information content (AvgIpc) is 2.81. The minimum Gasteiger partial charge on any atom is -0.278 e. The fourth-order valence-electron chi connectivity index (χ4n) is 1.21. The highest BCUT2D eigenvalue weighted by Crippen LogP contribution is 2.15. The molecule has 0 atom stereocenters. The van der Waals surface area contributed by atoms with Crippen molar-refractivity contribution in [3.8, 4) is 0 Å². The summed E-state index contributed by atoms with van der Waals surface area (Å²) in [5.41, 5.74) is 5.02. The van der Waals surface area contributed by atoms with Crippen LogP contribution in [0.15, 0.2) is 51.4 Å². The lowest BCUT2D eigenvalue weighted by Crippen LogP contribution is -1.96. The summed E-state index contributed by atoms with van der Waals surface area (Å²) in [6, 6.07) is 12.0. The molecule has 0 spiro atoms. The van der Waals surface area contributed by atoms with Gasteiger partial charge in [0.2, 0.25) is 0 Å². The third kappa shape index (κ3) is 2.93. The van der Waals surface area contributed by atoms with E-state index in [1.807, 2.05) is 42.6 Å². The van der Waals surface area contributed by atoms with Crippen LogP contribution in [0.4, 0.5) is 5.69 Å². The summed E-state index contributed by atoms with van der Waals surface area (Å²) < 4.78 is 1.07. The van der Waals surface area contributed by atoms with Gasteiger partial charge >= 0.3 is 0 Å². The second-order valence-corrected chi connectivity index (χ2v) is 5.16. The van der Waals surface area contributed by atoms with E-state index in [4.69, 9.17) is 0 Å². The number of halogens is 1. The van der Waals surface area contributed by atoms with Crippen molar-refractivity contribution >= 4 is 38.7 Å². The van der Waals surface area contributed by atoms with Crippen molar-refractivity contribution in [1.29, 1.82) is 0 Å². The quantitative estimate of drug-likeness (QED) is 0.661. The van der Waals surface area contributed by atoms with Gasteiger partial charge in [-0.2, -0.15) is 5.10 Å². The van der Waals surface area contributed by atoms with Gasteiger partial charge in [0.1, 0.15) is 0 Å². The summed E-state index contributed by atoms with van der Waals surface area (Å²) in [5, 5.41) is 6.38. The number of hydrazone groups is 1. The second kappa shape index (κ2) is 5.27. The van der Waals surface area contributed by atoms with Crippen LogP contribution in [-0.2, 0) is 0 Å². The first-order valence-electron chi connectivity index (χ1n) is 4.85. The Morgan fingerprint density at radius 3 is 2.62 bits per heavy atom. The standard InChI is InChI=1S/C12H11BrN2S/c1-9(12-3-2-8-16-12)14-15-11-6-4-10(13)5-7-11/h2-8,15H,1H3/b14-9-. The first-order valence-corrected chi connectivity index (χ1v) is 6.53. The third-order valence-corrected chi connectivity index (χ3v) is 3.58. The summed E-state index contributed by atoms with van der Waals surface area (Å²) in [5.74, 6) is 0. The van der Waals surface area contributed by atoms with E-state index in [0.29, 0.717) is 0 Å². The van der Waals surface area contributed by atoms with Crippen molar-refractivity contribution in [1.82, 2.24) is 0 Å². The van der Waals surface area contributed by atoms with Crippen LogP contribution in [0.3, 0.4) is 0 Å². The lowest BCUT2D eigenvalue weighted by molar-refractivity contribution is 1.32. The Balaban J connectivity index is 2.06. The molecule has 0 aliphatic rings. The molecule has 0 radical (unpaired) electrons. The average molecular weight is 295 g/mol. The molecule has 16 heavy (non-hydrogen) atoms. The predicted octanol–water partition coefficient (Wildman–Crippen LogP) is 4.35. The first-order chi connectivity index (χ1) is 7.75. The number of rotatable bonds is 3. The molecule has 0 fully saturated rings. The molecular weight excluding hydrogens is 284 g/mol. The number of benzene rings is 1. The van der Waals surface area contributed by atoms with Crippen LogP contribution in [0.2, 0.25) is 0 Å². The van der Waals surface area contributed by atoms with Gasteiger partial charge in [-0.3, -0.25) is 5.43 Å². The summed E-state index contributed by atoms with van der Waals surface area (Å²) in [6.07, 6.45) is 0. The van der Waals surface area contributed by atoms with E-state index in [1.54, 1.807) is 11.3 Å². The van der Waals surface area contributed by atoms with Crippen molar-refractivity contribution in [2.45, 2.75) is 6.92 Å². The molecule has 0 saturated carbocycles. The SMILES string of the molecule is C/C(=N/Nc1ccc(Br)cc1)c1cccs1. The van der Waals surface area contributed by atoms with Gasteiger partial charge in [0.15, 0.2) is 0 Å². The fraction of sp³-hybridized carbons (Fsp3) is 0.0833. The fourth-order valence-corrected chi connectivity index (χ4v) is 2.15. The van der Waals surface area contributed by atoms with Crippen molar-refractivity contribution in [2.75, 3.05) is 5.43 Å². The lowest BCUT2D eigenvalue weighted by atomic mass is 10.3. The van der Waals surface area contributed by atoms with Gasteiger partial charge in [0.05, 0.1) is 11.4 Å². The lowest BCUT2D eigenvalue weighted by Gasteiger charge is -2.01. The van der Waals surface area contributed by atoms with Crippen molar-refractivity contribution in [2.24, 2.45) is 5.10 Å². The van der Waals surface area contributed by atoms with E-state index < -0.39 is 0 Å². The molecule has 1 aromatic heterocycles. The molecule has 2 rings (SSSR count). The Bertz CT molecular complexity index is 474. The molecule has 0 aliphatic heterocycles. The Kier molecular flexibility index (Phi) is 3.74. The third-order valence-electron chi connectivity index (χ3n) is 2.07. The molecule has 0 aliphatic carbocycles. The number of nitrogens with zero attached hydrogens (tertiary/aromatic N) is 1. The van der Waals surface area contributed by atoms with E-state index in [0.717, 1.165) is 15.9 Å². The highest BCUT2D eigenvalue weighted by molar-refractivity contribution is 9.10. The minimum atomic E-state index is 0.985. The number of nitrogens with one attached hydrogen (secondary N) is 1. The van der Waals surface area contributed by atoms with Crippen molar-refractivity contribution < 1.29 is 0 Å². The molecule has 0 unspecified atom stereocenters. The monoisotopic (exact) mass is 294 g/mol. The van der Waals surface area contributed by atoms with E-state index in [9.17, 15) is 0 Å². The van der Waals surface area contributed by atoms with E-state index in [-0.39, 0.29) is 0 Å². The van der Waals surface area contributed by atoms with Gasteiger partial charge in [-0.15, -0.1) is 11.3 Å². The van der Waals surface area contributed by atoms with Crippen molar-refractivity contribution in [3.63, 3.8) is 0 Å². The Morgan fingerprint density at radius 2 is 2.00 bits per heavy atom.